The van der Waals surface area contributed by atoms with Gasteiger partial charge in [-0.05, 0) is 50.1 Å². The number of carbonyl (C=O) groups excluding carboxylic acids is 3. The minimum atomic E-state index is -1.76. The van der Waals surface area contributed by atoms with Crippen LogP contribution in [0.15, 0.2) is 54.1 Å². The normalized spacial score (nSPS) is 25.5. The topological polar surface area (TPSA) is 96.4 Å². The number of para-hydroxylation sites is 1. The molecule has 2 atom stereocenters. The number of benzene rings is 2. The van der Waals surface area contributed by atoms with Crippen LogP contribution in [0, 0.1) is 0 Å². The standard InChI is InChI=1S/C26H26N2O6/c1-3-33-17-12-10-16(11-13-17)22(29)21-23(30)24(31)28(15-18-7-6-14-34-18)26(21)19-8-4-5-9-20(19)27(2)25(26)32/h4-5,8-13,18,29H,3,6-7,14-15H2,1-2H3/t18-,26+/m0/s1. The minimum absolute atomic E-state index is 0.0819. The van der Waals surface area contributed by atoms with Gasteiger partial charge in [0.15, 0.2) is 5.54 Å². The number of ether oxygens (including phenoxy) is 2. The molecule has 2 fully saturated rings. The molecule has 1 N–H and O–H groups in total. The van der Waals surface area contributed by atoms with Gasteiger partial charge in [-0.25, -0.2) is 0 Å². The molecule has 3 heterocycles. The van der Waals surface area contributed by atoms with E-state index in [0.29, 0.717) is 35.8 Å². The number of hydrogen-bond acceptors (Lipinski definition) is 6. The zero-order valence-electron chi connectivity index (χ0n) is 19.1. The second kappa shape index (κ2) is 8.29. The first kappa shape index (κ1) is 22.2. The molecule has 2 aromatic rings. The number of aliphatic hydroxyl groups excluding tert-OH is 1. The molecule has 1 spiro atoms. The van der Waals surface area contributed by atoms with Crippen LogP contribution in [0.4, 0.5) is 5.69 Å². The lowest BCUT2D eigenvalue weighted by atomic mass is 9.81. The third kappa shape index (κ3) is 3.05. The lowest BCUT2D eigenvalue weighted by Crippen LogP contribution is -2.53. The number of hydrogen-bond donors (Lipinski definition) is 1. The van der Waals surface area contributed by atoms with Crippen LogP contribution in [-0.2, 0) is 24.7 Å². The van der Waals surface area contributed by atoms with Crippen LogP contribution >= 0.6 is 0 Å². The Kier molecular flexibility index (Phi) is 5.40. The quantitative estimate of drug-likeness (QED) is 0.417. The van der Waals surface area contributed by atoms with E-state index in [-0.39, 0.29) is 18.2 Å². The van der Waals surface area contributed by atoms with E-state index in [1.54, 1.807) is 55.6 Å². The Balaban J connectivity index is 1.73. The van der Waals surface area contributed by atoms with E-state index >= 15 is 0 Å². The highest BCUT2D eigenvalue weighted by Gasteiger charge is 2.66. The maximum atomic E-state index is 13.9. The second-order valence-corrected chi connectivity index (χ2v) is 8.65. The summed E-state index contributed by atoms with van der Waals surface area (Å²) in [5, 5.41) is 11.4. The van der Waals surface area contributed by atoms with Gasteiger partial charge in [-0.15, -0.1) is 0 Å². The summed E-state index contributed by atoms with van der Waals surface area (Å²) in [6.07, 6.45) is 1.29. The van der Waals surface area contributed by atoms with Crippen molar-refractivity contribution >= 4 is 29.0 Å². The van der Waals surface area contributed by atoms with E-state index < -0.39 is 28.9 Å². The lowest BCUT2D eigenvalue weighted by Gasteiger charge is -2.35. The fourth-order valence-corrected chi connectivity index (χ4v) is 5.23. The molecular formula is C26H26N2O6. The Morgan fingerprint density at radius 2 is 1.88 bits per heavy atom. The zero-order valence-corrected chi connectivity index (χ0v) is 19.1. The van der Waals surface area contributed by atoms with Gasteiger partial charge in [0, 0.05) is 37.0 Å². The van der Waals surface area contributed by atoms with Gasteiger partial charge in [-0.3, -0.25) is 14.4 Å². The fraction of sp³-hybridized carbons (Fsp3) is 0.346. The minimum Gasteiger partial charge on any atom is -0.507 e. The predicted molar refractivity (Wildman–Crippen MR) is 124 cm³/mol. The van der Waals surface area contributed by atoms with Crippen molar-refractivity contribution < 1.29 is 29.0 Å². The first-order valence-corrected chi connectivity index (χ1v) is 11.4. The second-order valence-electron chi connectivity index (χ2n) is 8.65. The first-order chi connectivity index (χ1) is 16.4. The number of likely N-dealkylation sites (N-methyl/N-ethyl adjacent to an activating group) is 1. The molecular weight excluding hydrogens is 436 g/mol. The molecule has 5 rings (SSSR count). The van der Waals surface area contributed by atoms with Crippen LogP contribution in [0.3, 0.4) is 0 Å². The monoisotopic (exact) mass is 462 g/mol. The molecule has 0 aliphatic carbocycles. The van der Waals surface area contributed by atoms with Crippen molar-refractivity contribution in [1.82, 2.24) is 4.90 Å². The van der Waals surface area contributed by atoms with E-state index in [9.17, 15) is 19.5 Å². The number of ketones is 1. The largest absolute Gasteiger partial charge is 0.507 e. The summed E-state index contributed by atoms with van der Waals surface area (Å²) in [5.41, 5.74) is -0.579. The van der Waals surface area contributed by atoms with E-state index in [2.05, 4.69) is 0 Å². The van der Waals surface area contributed by atoms with E-state index in [1.807, 2.05) is 6.92 Å². The Bertz CT molecular complexity index is 1200. The zero-order chi connectivity index (χ0) is 24.0. The summed E-state index contributed by atoms with van der Waals surface area (Å²) in [7, 11) is 1.61. The van der Waals surface area contributed by atoms with Gasteiger partial charge in [0.2, 0.25) is 0 Å². The van der Waals surface area contributed by atoms with Crippen LogP contribution in [0.25, 0.3) is 5.76 Å². The predicted octanol–water partition coefficient (Wildman–Crippen LogP) is 2.82. The van der Waals surface area contributed by atoms with Gasteiger partial charge in [0.25, 0.3) is 17.6 Å². The molecule has 8 nitrogen and oxygen atoms in total. The van der Waals surface area contributed by atoms with Gasteiger partial charge in [-0.1, -0.05) is 18.2 Å². The number of carbonyl (C=O) groups is 3. The highest BCUT2D eigenvalue weighted by atomic mass is 16.5. The third-order valence-electron chi connectivity index (χ3n) is 6.79. The van der Waals surface area contributed by atoms with Gasteiger partial charge in [-0.2, -0.15) is 0 Å². The van der Waals surface area contributed by atoms with Crippen LogP contribution in [0.1, 0.15) is 30.9 Å². The average molecular weight is 463 g/mol. The number of aliphatic hydroxyl groups is 1. The number of amides is 2. The van der Waals surface area contributed by atoms with Crippen LogP contribution in [0.2, 0.25) is 0 Å². The molecule has 3 aliphatic rings. The van der Waals surface area contributed by atoms with Crippen molar-refractivity contribution in [3.8, 4) is 5.75 Å². The van der Waals surface area contributed by atoms with Crippen LogP contribution in [0.5, 0.6) is 5.75 Å². The van der Waals surface area contributed by atoms with Gasteiger partial charge in [0.05, 0.1) is 18.3 Å². The Hall–Kier alpha value is -3.65. The summed E-state index contributed by atoms with van der Waals surface area (Å²) < 4.78 is 11.2. The maximum Gasteiger partial charge on any atom is 0.296 e. The van der Waals surface area contributed by atoms with Crippen molar-refractivity contribution in [1.29, 1.82) is 0 Å². The highest BCUT2D eigenvalue weighted by Crippen LogP contribution is 2.53. The molecule has 176 valence electrons. The van der Waals surface area contributed by atoms with E-state index in [0.717, 1.165) is 12.8 Å². The molecule has 0 radical (unpaired) electrons. The number of fused-ring (bicyclic) bond motifs is 2. The van der Waals surface area contributed by atoms with E-state index in [1.165, 1.54) is 9.80 Å². The Morgan fingerprint density at radius 1 is 1.15 bits per heavy atom. The lowest BCUT2D eigenvalue weighted by molar-refractivity contribution is -0.145. The van der Waals surface area contributed by atoms with Crippen molar-refractivity contribution in [2.45, 2.75) is 31.4 Å². The first-order valence-electron chi connectivity index (χ1n) is 11.4. The Morgan fingerprint density at radius 3 is 2.56 bits per heavy atom. The molecule has 2 amide bonds. The molecule has 2 aromatic carbocycles. The number of likely N-dealkylation sites (tertiary alicyclic amines) is 1. The summed E-state index contributed by atoms with van der Waals surface area (Å²) in [6.45, 7) is 3.00. The number of Topliss-reactive ketones (excluding diaryl/α,β-unsaturated/α-hetero) is 1. The molecule has 0 bridgehead atoms. The summed E-state index contributed by atoms with van der Waals surface area (Å²) in [5.74, 6) is -1.95. The van der Waals surface area contributed by atoms with Gasteiger partial charge < -0.3 is 24.4 Å². The van der Waals surface area contributed by atoms with Crippen LogP contribution in [-0.4, -0.2) is 60.5 Å². The summed E-state index contributed by atoms with van der Waals surface area (Å²) in [6, 6.07) is 13.6. The molecule has 8 heteroatoms. The smallest absolute Gasteiger partial charge is 0.296 e. The number of rotatable bonds is 5. The van der Waals surface area contributed by atoms with Gasteiger partial charge in [0.1, 0.15) is 11.5 Å². The van der Waals surface area contributed by atoms with Crippen molar-refractivity contribution in [2.24, 2.45) is 0 Å². The molecule has 0 saturated carbocycles. The third-order valence-corrected chi connectivity index (χ3v) is 6.79. The van der Waals surface area contributed by atoms with E-state index in [4.69, 9.17) is 9.47 Å². The van der Waals surface area contributed by atoms with Crippen LogP contribution < -0.4 is 9.64 Å². The van der Waals surface area contributed by atoms with Crippen molar-refractivity contribution in [3.63, 3.8) is 0 Å². The van der Waals surface area contributed by atoms with Crippen molar-refractivity contribution in [3.05, 3.63) is 65.2 Å². The molecule has 34 heavy (non-hydrogen) atoms. The molecule has 2 saturated heterocycles. The SMILES string of the molecule is CCOc1ccc(C(O)=C2C(=O)C(=O)N(C[C@@H]3CCCO3)[C@@]23C(=O)N(C)c2ccccc23)cc1. The number of nitrogens with zero attached hydrogens (tertiary/aromatic N) is 2. The van der Waals surface area contributed by atoms with Crippen molar-refractivity contribution in [2.75, 3.05) is 31.7 Å². The highest BCUT2D eigenvalue weighted by molar-refractivity contribution is 6.50. The molecule has 0 unspecified atom stereocenters. The van der Waals surface area contributed by atoms with Gasteiger partial charge >= 0.3 is 0 Å². The Labute approximate surface area is 197 Å². The maximum absolute atomic E-state index is 13.9. The fourth-order valence-electron chi connectivity index (χ4n) is 5.23. The summed E-state index contributed by atoms with van der Waals surface area (Å²) >= 11 is 0. The average Bonchev–Trinajstić information content (AvgIpc) is 3.50. The summed E-state index contributed by atoms with van der Waals surface area (Å²) in [4.78, 5) is 43.5. The molecule has 3 aliphatic heterocycles. The number of anilines is 1. The molecule has 0 aromatic heterocycles.